The van der Waals surface area contributed by atoms with E-state index >= 15 is 0 Å². The van der Waals surface area contributed by atoms with Gasteiger partial charge < -0.3 is 9.84 Å². The first-order chi connectivity index (χ1) is 10.1. The van der Waals surface area contributed by atoms with E-state index < -0.39 is 0 Å². The number of ether oxygens (including phenoxy) is 1. The number of benzene rings is 1. The Morgan fingerprint density at radius 2 is 2.10 bits per heavy atom. The Bertz CT molecular complexity index is 789. The number of methoxy groups -OCH3 is 1. The molecule has 1 N–H and O–H groups in total. The number of hydrogen-bond donors (Lipinski definition) is 1. The lowest BCUT2D eigenvalue weighted by molar-refractivity contribution is 0.409. The standard InChI is InChI=1S/C15H16N4O2/c1-10-13(9-18(2)17-10)19-7-6-16-15(19)12-5-4-11(20)8-14(12)21-3/h4-9,20H,1-3H3. The number of nitrogens with zero attached hydrogens (tertiary/aromatic N) is 4. The van der Waals surface area contributed by atoms with Crippen LogP contribution in [0.15, 0.2) is 36.8 Å². The molecule has 0 radical (unpaired) electrons. The fourth-order valence-corrected chi connectivity index (χ4v) is 2.39. The largest absolute Gasteiger partial charge is 0.508 e. The Kier molecular flexibility index (Phi) is 3.13. The summed E-state index contributed by atoms with van der Waals surface area (Å²) < 4.78 is 9.06. The van der Waals surface area contributed by atoms with Crippen LogP contribution in [0.1, 0.15) is 5.69 Å². The molecule has 0 spiro atoms. The lowest BCUT2D eigenvalue weighted by atomic mass is 10.1. The maximum Gasteiger partial charge on any atom is 0.148 e. The molecule has 0 bridgehead atoms. The molecule has 1 aromatic carbocycles. The summed E-state index contributed by atoms with van der Waals surface area (Å²) in [5.41, 5.74) is 2.68. The van der Waals surface area contributed by atoms with Crippen LogP contribution in [0.25, 0.3) is 17.1 Å². The van der Waals surface area contributed by atoms with Crippen LogP contribution in [0.5, 0.6) is 11.5 Å². The van der Waals surface area contributed by atoms with Crippen molar-refractivity contribution in [1.29, 1.82) is 0 Å². The summed E-state index contributed by atoms with van der Waals surface area (Å²) in [6.07, 6.45) is 5.55. The Balaban J connectivity index is 2.18. The Morgan fingerprint density at radius 1 is 1.29 bits per heavy atom. The van der Waals surface area contributed by atoms with Crippen LogP contribution >= 0.6 is 0 Å². The van der Waals surface area contributed by atoms with Gasteiger partial charge in [0.2, 0.25) is 0 Å². The molecule has 108 valence electrons. The van der Waals surface area contributed by atoms with Gasteiger partial charge in [-0.3, -0.25) is 9.25 Å². The molecule has 0 saturated carbocycles. The Hall–Kier alpha value is -2.76. The number of aryl methyl sites for hydroxylation is 2. The molecule has 6 heteroatoms. The second kappa shape index (κ2) is 4.97. The minimum Gasteiger partial charge on any atom is -0.508 e. The van der Waals surface area contributed by atoms with E-state index in [1.165, 1.54) is 0 Å². The fourth-order valence-electron chi connectivity index (χ4n) is 2.39. The summed E-state index contributed by atoms with van der Waals surface area (Å²) >= 11 is 0. The van der Waals surface area contributed by atoms with Crippen molar-refractivity contribution in [3.8, 4) is 28.6 Å². The van der Waals surface area contributed by atoms with E-state index in [-0.39, 0.29) is 5.75 Å². The fraction of sp³-hybridized carbons (Fsp3) is 0.200. The number of aromatic nitrogens is 4. The minimum atomic E-state index is 0.159. The van der Waals surface area contributed by atoms with Gasteiger partial charge in [0.1, 0.15) is 17.3 Å². The van der Waals surface area contributed by atoms with Crippen molar-refractivity contribution in [2.75, 3.05) is 7.11 Å². The molecule has 0 fully saturated rings. The van der Waals surface area contributed by atoms with Gasteiger partial charge in [0.05, 0.1) is 24.1 Å². The number of aromatic hydroxyl groups is 1. The molecule has 0 aliphatic heterocycles. The average molecular weight is 284 g/mol. The van der Waals surface area contributed by atoms with Crippen LogP contribution in [-0.2, 0) is 7.05 Å². The quantitative estimate of drug-likeness (QED) is 0.801. The number of hydrogen-bond acceptors (Lipinski definition) is 4. The summed E-state index contributed by atoms with van der Waals surface area (Å²) in [6, 6.07) is 4.98. The molecular weight excluding hydrogens is 268 g/mol. The molecule has 0 aliphatic rings. The van der Waals surface area contributed by atoms with Gasteiger partial charge >= 0.3 is 0 Å². The SMILES string of the molecule is COc1cc(O)ccc1-c1nccn1-c1cn(C)nc1C. The zero-order valence-electron chi connectivity index (χ0n) is 12.1. The monoisotopic (exact) mass is 284 g/mol. The van der Waals surface area contributed by atoms with Gasteiger partial charge in [-0.25, -0.2) is 4.98 Å². The number of phenols is 1. The van der Waals surface area contributed by atoms with Crippen LogP contribution in [0.2, 0.25) is 0 Å². The second-order valence-electron chi connectivity index (χ2n) is 4.78. The Morgan fingerprint density at radius 3 is 2.76 bits per heavy atom. The highest BCUT2D eigenvalue weighted by Gasteiger charge is 2.15. The summed E-state index contributed by atoms with van der Waals surface area (Å²) in [5.74, 6) is 1.47. The van der Waals surface area contributed by atoms with E-state index in [2.05, 4.69) is 10.1 Å². The zero-order valence-corrected chi connectivity index (χ0v) is 12.1. The zero-order chi connectivity index (χ0) is 15.0. The molecule has 6 nitrogen and oxygen atoms in total. The molecule has 0 amide bonds. The number of imidazole rings is 1. The molecule has 0 aliphatic carbocycles. The molecule has 0 saturated heterocycles. The van der Waals surface area contributed by atoms with E-state index in [4.69, 9.17) is 4.74 Å². The van der Waals surface area contributed by atoms with E-state index in [0.717, 1.165) is 22.8 Å². The highest BCUT2D eigenvalue weighted by molar-refractivity contribution is 5.68. The summed E-state index contributed by atoms with van der Waals surface area (Å²) in [4.78, 5) is 4.42. The van der Waals surface area contributed by atoms with Gasteiger partial charge in [-0.05, 0) is 19.1 Å². The van der Waals surface area contributed by atoms with Crippen molar-refractivity contribution in [1.82, 2.24) is 19.3 Å². The highest BCUT2D eigenvalue weighted by Crippen LogP contribution is 2.33. The highest BCUT2D eigenvalue weighted by atomic mass is 16.5. The average Bonchev–Trinajstić information content (AvgIpc) is 3.04. The van der Waals surface area contributed by atoms with E-state index in [9.17, 15) is 5.11 Å². The van der Waals surface area contributed by atoms with Gasteiger partial charge in [-0.1, -0.05) is 0 Å². The van der Waals surface area contributed by atoms with E-state index in [0.29, 0.717) is 5.75 Å². The minimum absolute atomic E-state index is 0.159. The van der Waals surface area contributed by atoms with E-state index in [1.807, 2.05) is 30.9 Å². The molecule has 3 aromatic rings. The number of rotatable bonds is 3. The molecule has 2 heterocycles. The molecule has 3 rings (SSSR count). The first-order valence-electron chi connectivity index (χ1n) is 6.51. The maximum atomic E-state index is 9.58. The van der Waals surface area contributed by atoms with Crippen molar-refractivity contribution >= 4 is 0 Å². The van der Waals surface area contributed by atoms with E-state index in [1.54, 1.807) is 36.2 Å². The second-order valence-corrected chi connectivity index (χ2v) is 4.78. The summed E-state index contributed by atoms with van der Waals surface area (Å²) in [5, 5.41) is 13.9. The third kappa shape index (κ3) is 2.24. The molecule has 0 atom stereocenters. The topological polar surface area (TPSA) is 65.1 Å². The third-order valence-electron chi connectivity index (χ3n) is 3.31. The van der Waals surface area contributed by atoms with Crippen molar-refractivity contribution in [2.45, 2.75) is 6.92 Å². The van der Waals surface area contributed by atoms with Crippen LogP contribution in [0.4, 0.5) is 0 Å². The first kappa shape index (κ1) is 13.2. The first-order valence-corrected chi connectivity index (χ1v) is 6.51. The van der Waals surface area contributed by atoms with Crippen LogP contribution in [0, 0.1) is 6.92 Å². The van der Waals surface area contributed by atoms with Crippen LogP contribution < -0.4 is 4.74 Å². The predicted molar refractivity (Wildman–Crippen MR) is 78.7 cm³/mol. The van der Waals surface area contributed by atoms with Crippen molar-refractivity contribution in [2.24, 2.45) is 7.05 Å². The summed E-state index contributed by atoms with van der Waals surface area (Å²) in [7, 11) is 3.45. The molecule has 21 heavy (non-hydrogen) atoms. The summed E-state index contributed by atoms with van der Waals surface area (Å²) in [6.45, 7) is 1.95. The van der Waals surface area contributed by atoms with Gasteiger partial charge in [0.15, 0.2) is 0 Å². The normalized spacial score (nSPS) is 10.8. The van der Waals surface area contributed by atoms with Gasteiger partial charge in [-0.2, -0.15) is 5.10 Å². The maximum absolute atomic E-state index is 9.58. The number of phenolic OH excluding ortho intramolecular Hbond substituents is 1. The lowest BCUT2D eigenvalue weighted by Crippen LogP contribution is -1.98. The van der Waals surface area contributed by atoms with Crippen molar-refractivity contribution in [3.63, 3.8) is 0 Å². The van der Waals surface area contributed by atoms with Crippen molar-refractivity contribution in [3.05, 3.63) is 42.5 Å². The lowest BCUT2D eigenvalue weighted by Gasteiger charge is -2.10. The smallest absolute Gasteiger partial charge is 0.148 e. The van der Waals surface area contributed by atoms with Crippen LogP contribution in [0.3, 0.4) is 0 Å². The van der Waals surface area contributed by atoms with Gasteiger partial charge in [-0.15, -0.1) is 0 Å². The van der Waals surface area contributed by atoms with Crippen molar-refractivity contribution < 1.29 is 9.84 Å². The molecule has 2 aromatic heterocycles. The molecule has 0 unspecified atom stereocenters. The van der Waals surface area contributed by atoms with Crippen LogP contribution in [-0.4, -0.2) is 31.5 Å². The molecular formula is C15H16N4O2. The predicted octanol–water partition coefficient (Wildman–Crippen LogP) is 2.30. The Labute approximate surface area is 122 Å². The van der Waals surface area contributed by atoms with Gasteiger partial charge in [0.25, 0.3) is 0 Å². The van der Waals surface area contributed by atoms with Gasteiger partial charge in [0, 0.05) is 31.7 Å². The third-order valence-corrected chi connectivity index (χ3v) is 3.31.